The van der Waals surface area contributed by atoms with Crippen LogP contribution in [0.4, 0.5) is 0 Å². The Morgan fingerprint density at radius 3 is 2.62 bits per heavy atom. The normalized spacial score (nSPS) is 14.5. The zero-order chi connectivity index (χ0) is 14.4. The van der Waals surface area contributed by atoms with Crippen molar-refractivity contribution in [1.29, 1.82) is 0 Å². The summed E-state index contributed by atoms with van der Waals surface area (Å²) in [5, 5.41) is 2.51. The molecule has 0 saturated heterocycles. The van der Waals surface area contributed by atoms with Crippen LogP contribution in [0.5, 0.6) is 0 Å². The minimum atomic E-state index is 0.575. The van der Waals surface area contributed by atoms with Crippen LogP contribution in [-0.2, 0) is 0 Å². The van der Waals surface area contributed by atoms with E-state index >= 15 is 0 Å². The summed E-state index contributed by atoms with van der Waals surface area (Å²) in [7, 11) is 0. The second-order valence-electron chi connectivity index (χ2n) is 5.76. The largest absolute Gasteiger partial charge is 0.343 e. The fourth-order valence-electron chi connectivity index (χ4n) is 2.73. The maximum Gasteiger partial charge on any atom is 0.133 e. The van der Waals surface area contributed by atoms with Gasteiger partial charge in [0.1, 0.15) is 10.5 Å². The Bertz CT molecular complexity index is 891. The van der Waals surface area contributed by atoms with Gasteiger partial charge in [0, 0.05) is 11.5 Å². The van der Waals surface area contributed by atoms with Gasteiger partial charge in [0.25, 0.3) is 0 Å². The number of benzene rings is 2. The molecule has 0 bridgehead atoms. The predicted octanol–water partition coefficient (Wildman–Crippen LogP) is 5.15. The first kappa shape index (κ1) is 12.7. The average molecular weight is 292 g/mol. The van der Waals surface area contributed by atoms with Gasteiger partial charge in [0.2, 0.25) is 0 Å². The molecule has 1 aliphatic rings. The lowest BCUT2D eigenvalue weighted by Crippen LogP contribution is -1.99. The maximum atomic E-state index is 5.44. The van der Waals surface area contributed by atoms with Crippen LogP contribution in [0.1, 0.15) is 30.1 Å². The van der Waals surface area contributed by atoms with Crippen LogP contribution in [-0.4, -0.2) is 9.97 Å². The summed E-state index contributed by atoms with van der Waals surface area (Å²) >= 11 is 5.44. The first-order valence-electron chi connectivity index (χ1n) is 7.32. The fraction of sp³-hybridized carbons (Fsp3) is 0.222. The number of nitrogens with zero attached hydrogens (tertiary/aromatic N) is 1. The number of rotatable bonds is 2. The van der Waals surface area contributed by atoms with Crippen LogP contribution in [0, 0.1) is 11.6 Å². The molecule has 21 heavy (non-hydrogen) atoms. The molecule has 0 spiro atoms. The van der Waals surface area contributed by atoms with E-state index in [1.165, 1.54) is 29.2 Å². The lowest BCUT2D eigenvalue weighted by molar-refractivity contribution is 0.914. The highest BCUT2D eigenvalue weighted by Crippen LogP contribution is 2.39. The molecule has 2 nitrogen and oxygen atoms in total. The Balaban J connectivity index is 1.92. The number of hydrogen-bond donors (Lipinski definition) is 1. The van der Waals surface area contributed by atoms with Crippen molar-refractivity contribution in [3.05, 3.63) is 58.5 Å². The zero-order valence-corrected chi connectivity index (χ0v) is 12.7. The van der Waals surface area contributed by atoms with Gasteiger partial charge in [-0.3, -0.25) is 0 Å². The lowest BCUT2D eigenvalue weighted by Gasteiger charge is -2.10. The Morgan fingerprint density at radius 1 is 1.10 bits per heavy atom. The standard InChI is InChI=1S/C18H16N2S/c1-11-16(19-17(13-7-8-13)20-18(11)21)15-9-6-12-4-2-3-5-14(12)10-15/h2-6,9-10,13H,7-8H2,1H3,(H,19,20,21). The molecule has 1 saturated carbocycles. The third-order valence-electron chi connectivity index (χ3n) is 4.17. The van der Waals surface area contributed by atoms with Gasteiger partial charge in [0.05, 0.1) is 5.69 Å². The zero-order valence-electron chi connectivity index (χ0n) is 11.9. The topological polar surface area (TPSA) is 28.7 Å². The highest BCUT2D eigenvalue weighted by Gasteiger charge is 2.26. The van der Waals surface area contributed by atoms with Gasteiger partial charge < -0.3 is 4.98 Å². The van der Waals surface area contributed by atoms with Crippen LogP contribution in [0.2, 0.25) is 0 Å². The Labute approximate surface area is 128 Å². The first-order chi connectivity index (χ1) is 10.2. The van der Waals surface area contributed by atoms with Crippen molar-refractivity contribution in [3.8, 4) is 11.3 Å². The SMILES string of the molecule is Cc1c(-c2ccc3ccccc3c2)[nH]c(C2CC2)nc1=S. The number of H-pyrrole nitrogens is 1. The molecule has 3 aromatic rings. The van der Waals surface area contributed by atoms with Gasteiger partial charge >= 0.3 is 0 Å². The molecule has 0 radical (unpaired) electrons. The van der Waals surface area contributed by atoms with Gasteiger partial charge in [-0.05, 0) is 42.2 Å². The summed E-state index contributed by atoms with van der Waals surface area (Å²) in [4.78, 5) is 8.06. The van der Waals surface area contributed by atoms with E-state index < -0.39 is 0 Å². The smallest absolute Gasteiger partial charge is 0.133 e. The van der Waals surface area contributed by atoms with Crippen LogP contribution in [0.15, 0.2) is 42.5 Å². The molecule has 1 N–H and O–H groups in total. The molecule has 1 aromatic heterocycles. The third-order valence-corrected chi connectivity index (χ3v) is 4.57. The summed E-state index contributed by atoms with van der Waals surface area (Å²) in [5.74, 6) is 1.63. The van der Waals surface area contributed by atoms with E-state index in [0.717, 1.165) is 21.7 Å². The molecule has 1 aliphatic carbocycles. The number of hydrogen-bond acceptors (Lipinski definition) is 2. The van der Waals surface area contributed by atoms with E-state index in [-0.39, 0.29) is 0 Å². The minimum absolute atomic E-state index is 0.575. The van der Waals surface area contributed by atoms with E-state index in [4.69, 9.17) is 12.2 Å². The van der Waals surface area contributed by atoms with Crippen molar-refractivity contribution in [3.63, 3.8) is 0 Å². The predicted molar refractivity (Wildman–Crippen MR) is 89.1 cm³/mol. The van der Waals surface area contributed by atoms with E-state index in [0.29, 0.717) is 5.92 Å². The van der Waals surface area contributed by atoms with Crippen LogP contribution >= 0.6 is 12.2 Å². The van der Waals surface area contributed by atoms with Gasteiger partial charge in [0.15, 0.2) is 0 Å². The number of aromatic nitrogens is 2. The highest BCUT2D eigenvalue weighted by atomic mass is 32.1. The number of aromatic amines is 1. The minimum Gasteiger partial charge on any atom is -0.343 e. The highest BCUT2D eigenvalue weighted by molar-refractivity contribution is 7.71. The molecule has 0 atom stereocenters. The molecule has 0 amide bonds. The third kappa shape index (κ3) is 2.28. The van der Waals surface area contributed by atoms with Crippen molar-refractivity contribution in [1.82, 2.24) is 9.97 Å². The monoisotopic (exact) mass is 292 g/mol. The van der Waals surface area contributed by atoms with Crippen LogP contribution in [0.25, 0.3) is 22.0 Å². The summed E-state index contributed by atoms with van der Waals surface area (Å²) in [6, 6.07) is 15.0. The van der Waals surface area contributed by atoms with E-state index in [9.17, 15) is 0 Å². The molecule has 4 rings (SSSR count). The molecule has 2 aromatic carbocycles. The van der Waals surface area contributed by atoms with Crippen molar-refractivity contribution >= 4 is 23.0 Å². The fourth-order valence-corrected chi connectivity index (χ4v) is 2.93. The maximum absolute atomic E-state index is 5.44. The van der Waals surface area contributed by atoms with E-state index in [2.05, 4.69) is 52.4 Å². The molecule has 104 valence electrons. The molecule has 1 heterocycles. The van der Waals surface area contributed by atoms with Gasteiger partial charge in [-0.15, -0.1) is 0 Å². The molecular weight excluding hydrogens is 276 g/mol. The van der Waals surface area contributed by atoms with E-state index in [1.807, 2.05) is 6.92 Å². The molecule has 3 heteroatoms. The second kappa shape index (κ2) is 4.78. The molecular formula is C18H16N2S. The number of nitrogens with one attached hydrogen (secondary N) is 1. The second-order valence-corrected chi connectivity index (χ2v) is 6.15. The van der Waals surface area contributed by atoms with Crippen LogP contribution < -0.4 is 0 Å². The van der Waals surface area contributed by atoms with Gasteiger partial charge in [-0.1, -0.05) is 48.6 Å². The van der Waals surface area contributed by atoms with Crippen molar-refractivity contribution in [2.24, 2.45) is 0 Å². The summed E-state index contributed by atoms with van der Waals surface area (Å²) in [6.45, 7) is 2.05. The molecule has 0 unspecified atom stereocenters. The van der Waals surface area contributed by atoms with Crippen LogP contribution in [0.3, 0.4) is 0 Å². The summed E-state index contributed by atoms with van der Waals surface area (Å²) in [5.41, 5.74) is 3.36. The van der Waals surface area contributed by atoms with Gasteiger partial charge in [-0.25, -0.2) is 4.98 Å². The Morgan fingerprint density at radius 2 is 1.86 bits per heavy atom. The van der Waals surface area contributed by atoms with Crippen molar-refractivity contribution in [2.45, 2.75) is 25.7 Å². The summed E-state index contributed by atoms with van der Waals surface area (Å²) in [6.07, 6.45) is 2.44. The Kier molecular flexibility index (Phi) is 2.89. The molecule has 1 fully saturated rings. The quantitative estimate of drug-likeness (QED) is 0.662. The summed E-state index contributed by atoms with van der Waals surface area (Å²) < 4.78 is 0.721. The van der Waals surface area contributed by atoms with Crippen molar-refractivity contribution in [2.75, 3.05) is 0 Å². The van der Waals surface area contributed by atoms with E-state index in [1.54, 1.807) is 0 Å². The van der Waals surface area contributed by atoms with Gasteiger partial charge in [-0.2, -0.15) is 0 Å². The Hall–Kier alpha value is -2.00. The first-order valence-corrected chi connectivity index (χ1v) is 7.73. The average Bonchev–Trinajstić information content (AvgIpc) is 3.34. The molecule has 0 aliphatic heterocycles. The van der Waals surface area contributed by atoms with Crippen molar-refractivity contribution < 1.29 is 0 Å². The number of fused-ring (bicyclic) bond motifs is 1. The lowest BCUT2D eigenvalue weighted by atomic mass is 10.0.